The number of hydrogen-bond acceptors (Lipinski definition) is 3. The van der Waals surface area contributed by atoms with Crippen molar-refractivity contribution in [3.05, 3.63) is 17.7 Å². The Labute approximate surface area is 84.9 Å². The Morgan fingerprint density at radius 3 is 2.50 bits per heavy atom. The topological polar surface area (TPSA) is 63.9 Å². The van der Waals surface area contributed by atoms with E-state index in [1.54, 1.807) is 13.3 Å². The number of nitrogens with one attached hydrogen (secondary N) is 1. The molecular weight excluding hydrogens is 178 g/mol. The van der Waals surface area contributed by atoms with Crippen LogP contribution in [0.15, 0.2) is 6.20 Å². The van der Waals surface area contributed by atoms with Gasteiger partial charge in [-0.15, -0.1) is 0 Å². The molecule has 0 aliphatic heterocycles. The van der Waals surface area contributed by atoms with Crippen LogP contribution in [-0.2, 0) is 16.9 Å². The first kappa shape index (κ1) is 11.2. The highest BCUT2D eigenvalue weighted by Crippen LogP contribution is 2.29. The molecule has 0 radical (unpaired) electrons. The first-order chi connectivity index (χ1) is 6.72. The van der Waals surface area contributed by atoms with E-state index in [4.69, 9.17) is 10.5 Å². The molecule has 4 nitrogen and oxygen atoms in total. The number of methoxy groups -OCH3 is 1. The maximum absolute atomic E-state index is 5.55. The van der Waals surface area contributed by atoms with Crippen molar-refractivity contribution in [2.75, 3.05) is 7.11 Å². The van der Waals surface area contributed by atoms with E-state index in [1.165, 1.54) is 0 Å². The van der Waals surface area contributed by atoms with Crippen molar-refractivity contribution in [1.29, 1.82) is 0 Å². The zero-order valence-electron chi connectivity index (χ0n) is 9.13. The molecule has 0 aliphatic carbocycles. The van der Waals surface area contributed by atoms with Gasteiger partial charge < -0.3 is 15.5 Å². The van der Waals surface area contributed by atoms with E-state index in [2.05, 4.69) is 23.8 Å². The lowest BCUT2D eigenvalue weighted by Gasteiger charge is -2.27. The normalized spacial score (nSPS) is 12.0. The van der Waals surface area contributed by atoms with Crippen molar-refractivity contribution in [2.24, 2.45) is 5.73 Å². The van der Waals surface area contributed by atoms with Gasteiger partial charge in [-0.2, -0.15) is 0 Å². The third-order valence-electron chi connectivity index (χ3n) is 2.81. The van der Waals surface area contributed by atoms with Crippen LogP contribution in [0.4, 0.5) is 0 Å². The molecule has 3 N–H and O–H groups in total. The van der Waals surface area contributed by atoms with E-state index >= 15 is 0 Å². The fourth-order valence-electron chi connectivity index (χ4n) is 1.66. The number of ether oxygens (including phenoxy) is 1. The van der Waals surface area contributed by atoms with Crippen LogP contribution in [0.25, 0.3) is 0 Å². The van der Waals surface area contributed by atoms with Gasteiger partial charge >= 0.3 is 0 Å². The largest absolute Gasteiger partial charge is 0.370 e. The van der Waals surface area contributed by atoms with E-state index in [0.717, 1.165) is 24.4 Å². The standard InChI is InChI=1S/C10H19N3O/c1-4-10(5-2,14-3)9-12-7-8(6-11)13-9/h7H,4-6,11H2,1-3H3,(H,12,13). The number of nitrogens with zero attached hydrogens (tertiary/aromatic N) is 1. The average Bonchev–Trinajstić information content (AvgIpc) is 2.71. The molecule has 0 atom stereocenters. The van der Waals surface area contributed by atoms with Gasteiger partial charge in [-0.1, -0.05) is 13.8 Å². The third-order valence-corrected chi connectivity index (χ3v) is 2.81. The Bertz CT molecular complexity index is 270. The molecule has 1 aromatic rings. The van der Waals surface area contributed by atoms with Crippen LogP contribution >= 0.6 is 0 Å². The lowest BCUT2D eigenvalue weighted by Crippen LogP contribution is -2.28. The Morgan fingerprint density at radius 1 is 1.50 bits per heavy atom. The number of imidazole rings is 1. The van der Waals surface area contributed by atoms with Crippen molar-refractivity contribution >= 4 is 0 Å². The molecule has 80 valence electrons. The first-order valence-electron chi connectivity index (χ1n) is 5.02. The van der Waals surface area contributed by atoms with Gasteiger partial charge in [0, 0.05) is 25.5 Å². The minimum Gasteiger partial charge on any atom is -0.370 e. The van der Waals surface area contributed by atoms with Crippen molar-refractivity contribution in [3.8, 4) is 0 Å². The van der Waals surface area contributed by atoms with Gasteiger partial charge in [-0.25, -0.2) is 4.98 Å². The second kappa shape index (κ2) is 4.57. The lowest BCUT2D eigenvalue weighted by atomic mass is 9.96. The van der Waals surface area contributed by atoms with Crippen molar-refractivity contribution in [2.45, 2.75) is 38.8 Å². The van der Waals surface area contributed by atoms with Gasteiger partial charge in [0.2, 0.25) is 0 Å². The molecule has 0 aromatic carbocycles. The number of H-pyrrole nitrogens is 1. The predicted molar refractivity (Wildman–Crippen MR) is 55.7 cm³/mol. The monoisotopic (exact) mass is 197 g/mol. The Hall–Kier alpha value is -0.870. The summed E-state index contributed by atoms with van der Waals surface area (Å²) in [5.41, 5.74) is 6.18. The number of aromatic nitrogens is 2. The van der Waals surface area contributed by atoms with E-state index in [0.29, 0.717) is 6.54 Å². The maximum Gasteiger partial charge on any atom is 0.138 e. The molecule has 0 aliphatic rings. The zero-order valence-corrected chi connectivity index (χ0v) is 9.13. The van der Waals surface area contributed by atoms with Crippen LogP contribution in [0, 0.1) is 0 Å². The summed E-state index contributed by atoms with van der Waals surface area (Å²) >= 11 is 0. The predicted octanol–water partition coefficient (Wildman–Crippen LogP) is 1.53. The van der Waals surface area contributed by atoms with Crippen LogP contribution in [0.2, 0.25) is 0 Å². The Kier molecular flexibility index (Phi) is 3.66. The molecule has 1 rings (SSSR count). The molecule has 0 unspecified atom stereocenters. The fourth-order valence-corrected chi connectivity index (χ4v) is 1.66. The zero-order chi connectivity index (χ0) is 10.6. The van der Waals surface area contributed by atoms with Gasteiger partial charge in [-0.3, -0.25) is 0 Å². The van der Waals surface area contributed by atoms with Crippen LogP contribution in [0.1, 0.15) is 38.2 Å². The lowest BCUT2D eigenvalue weighted by molar-refractivity contribution is -0.0285. The summed E-state index contributed by atoms with van der Waals surface area (Å²) in [5, 5.41) is 0. The van der Waals surface area contributed by atoms with Crippen LogP contribution in [-0.4, -0.2) is 17.1 Å². The van der Waals surface area contributed by atoms with Gasteiger partial charge in [0.25, 0.3) is 0 Å². The summed E-state index contributed by atoms with van der Waals surface area (Å²) in [6.45, 7) is 4.68. The summed E-state index contributed by atoms with van der Waals surface area (Å²) in [5.74, 6) is 0.880. The molecule has 0 saturated heterocycles. The quantitative estimate of drug-likeness (QED) is 0.752. The smallest absolute Gasteiger partial charge is 0.138 e. The van der Waals surface area contributed by atoms with Gasteiger partial charge in [0.15, 0.2) is 0 Å². The van der Waals surface area contributed by atoms with E-state index in [9.17, 15) is 0 Å². The summed E-state index contributed by atoms with van der Waals surface area (Å²) in [4.78, 5) is 7.51. The summed E-state index contributed by atoms with van der Waals surface area (Å²) in [6, 6.07) is 0. The summed E-state index contributed by atoms with van der Waals surface area (Å²) in [6.07, 6.45) is 3.57. The maximum atomic E-state index is 5.55. The molecule has 1 heterocycles. The summed E-state index contributed by atoms with van der Waals surface area (Å²) in [7, 11) is 1.72. The number of rotatable bonds is 5. The average molecular weight is 197 g/mol. The second-order valence-corrected chi connectivity index (χ2v) is 3.37. The number of hydrogen-bond donors (Lipinski definition) is 2. The van der Waals surface area contributed by atoms with Crippen molar-refractivity contribution in [1.82, 2.24) is 9.97 Å². The van der Waals surface area contributed by atoms with Crippen molar-refractivity contribution in [3.63, 3.8) is 0 Å². The summed E-state index contributed by atoms with van der Waals surface area (Å²) < 4.78 is 5.55. The Morgan fingerprint density at radius 2 is 2.14 bits per heavy atom. The highest BCUT2D eigenvalue weighted by molar-refractivity contribution is 5.08. The van der Waals surface area contributed by atoms with Crippen molar-refractivity contribution < 1.29 is 4.74 Å². The molecule has 4 heteroatoms. The molecule has 1 aromatic heterocycles. The molecular formula is C10H19N3O. The van der Waals surface area contributed by atoms with Crippen LogP contribution in [0.3, 0.4) is 0 Å². The fraction of sp³-hybridized carbons (Fsp3) is 0.700. The van der Waals surface area contributed by atoms with E-state index in [1.807, 2.05) is 0 Å². The van der Waals surface area contributed by atoms with Gasteiger partial charge in [0.1, 0.15) is 11.4 Å². The van der Waals surface area contributed by atoms with Gasteiger partial charge in [-0.05, 0) is 12.8 Å². The highest BCUT2D eigenvalue weighted by atomic mass is 16.5. The highest BCUT2D eigenvalue weighted by Gasteiger charge is 2.30. The van der Waals surface area contributed by atoms with E-state index < -0.39 is 0 Å². The Balaban J connectivity index is 2.98. The van der Waals surface area contributed by atoms with Gasteiger partial charge in [0.05, 0.1) is 0 Å². The molecule has 14 heavy (non-hydrogen) atoms. The van der Waals surface area contributed by atoms with E-state index in [-0.39, 0.29) is 5.60 Å². The molecule has 0 bridgehead atoms. The number of nitrogens with two attached hydrogens (primary N) is 1. The van der Waals surface area contributed by atoms with Crippen LogP contribution in [0.5, 0.6) is 0 Å². The number of aromatic amines is 1. The minimum atomic E-state index is -0.284. The molecule has 0 spiro atoms. The molecule has 0 amide bonds. The second-order valence-electron chi connectivity index (χ2n) is 3.37. The molecule has 0 fully saturated rings. The molecule has 0 saturated carbocycles. The minimum absolute atomic E-state index is 0.284. The SMILES string of the molecule is CCC(CC)(OC)c1ncc(CN)[nH]1. The first-order valence-corrected chi connectivity index (χ1v) is 5.02. The van der Waals surface area contributed by atoms with Crippen LogP contribution < -0.4 is 5.73 Å². The third kappa shape index (κ3) is 1.81.